The van der Waals surface area contributed by atoms with Crippen molar-refractivity contribution >= 4 is 40.6 Å². The summed E-state index contributed by atoms with van der Waals surface area (Å²) in [5, 5.41) is 4.44. The quantitative estimate of drug-likeness (QED) is 0.368. The summed E-state index contributed by atoms with van der Waals surface area (Å²) in [6.07, 6.45) is 0.820. The second-order valence-electron chi connectivity index (χ2n) is 10.6. The fourth-order valence-corrected chi connectivity index (χ4v) is 5.74. The second-order valence-corrected chi connectivity index (χ2v) is 10.6. The molecular formula is C33H40F3N5O6. The smallest absolute Gasteiger partial charge is 0.389 e. The highest BCUT2D eigenvalue weighted by Gasteiger charge is 2.41. The van der Waals surface area contributed by atoms with Crippen LogP contribution >= 0.6 is 0 Å². The summed E-state index contributed by atoms with van der Waals surface area (Å²) in [6, 6.07) is 5.01. The van der Waals surface area contributed by atoms with Crippen LogP contribution in [-0.4, -0.2) is 56.6 Å². The van der Waals surface area contributed by atoms with E-state index in [9.17, 15) is 37.1 Å². The molecule has 3 aliphatic rings. The highest BCUT2D eigenvalue weighted by Crippen LogP contribution is 2.34. The number of rotatable bonds is 4. The predicted molar refractivity (Wildman–Crippen MR) is 167 cm³/mol. The number of halogens is 3. The van der Waals surface area contributed by atoms with Crippen LogP contribution in [0.4, 0.5) is 13.2 Å². The molecule has 254 valence electrons. The zero-order valence-corrected chi connectivity index (χ0v) is 27.5. The molecule has 4 heterocycles. The Hall–Kier alpha value is -4.75. The Bertz CT molecular complexity index is 1690. The van der Waals surface area contributed by atoms with Gasteiger partial charge in [0.1, 0.15) is 17.9 Å². The first kappa shape index (κ1) is 36.7. The summed E-state index contributed by atoms with van der Waals surface area (Å²) in [6.45, 7) is 10.2. The Kier molecular flexibility index (Phi) is 12.3. The predicted octanol–water partition coefficient (Wildman–Crippen LogP) is 5.18. The maximum absolute atomic E-state index is 14.2. The lowest BCUT2D eigenvalue weighted by Crippen LogP contribution is -2.52. The fraction of sp³-hybridized carbons (Fsp3) is 0.455. The van der Waals surface area contributed by atoms with E-state index in [4.69, 9.17) is 0 Å². The SMILES string of the molecule is CC.CC.Cc1cc(C)c2c(c1F)CN(C1CCC(=O)NC1=O)C2=O.Cc1cccc2c1nc(OC(F)F)n2C1CCC(=O)NC1=O. The van der Waals surface area contributed by atoms with Crippen LogP contribution in [0.15, 0.2) is 24.3 Å². The minimum atomic E-state index is -3.05. The number of carbonyl (C=O) groups is 5. The maximum Gasteiger partial charge on any atom is 0.389 e. The summed E-state index contributed by atoms with van der Waals surface area (Å²) in [7, 11) is 0. The Labute approximate surface area is 270 Å². The van der Waals surface area contributed by atoms with Gasteiger partial charge < -0.3 is 9.64 Å². The zero-order chi connectivity index (χ0) is 35.2. The maximum atomic E-state index is 14.2. The van der Waals surface area contributed by atoms with E-state index in [1.165, 1.54) is 9.47 Å². The van der Waals surface area contributed by atoms with Gasteiger partial charge in [0.25, 0.3) is 5.91 Å². The number of imide groups is 2. The van der Waals surface area contributed by atoms with Gasteiger partial charge >= 0.3 is 12.6 Å². The third kappa shape index (κ3) is 7.63. The van der Waals surface area contributed by atoms with Crippen molar-refractivity contribution in [2.75, 3.05) is 0 Å². The van der Waals surface area contributed by atoms with E-state index in [1.807, 2.05) is 27.7 Å². The number of piperidine rings is 2. The molecule has 3 aromatic rings. The molecule has 3 aliphatic heterocycles. The largest absolute Gasteiger partial charge is 0.402 e. The van der Waals surface area contributed by atoms with Crippen LogP contribution in [0.1, 0.15) is 92.0 Å². The third-order valence-electron chi connectivity index (χ3n) is 7.74. The van der Waals surface area contributed by atoms with Gasteiger partial charge in [-0.2, -0.15) is 13.8 Å². The van der Waals surface area contributed by atoms with E-state index in [2.05, 4.69) is 20.4 Å². The third-order valence-corrected chi connectivity index (χ3v) is 7.74. The number of aryl methyl sites for hydroxylation is 3. The molecule has 0 saturated carbocycles. The molecule has 1 aromatic heterocycles. The Balaban J connectivity index is 0.000000231. The summed E-state index contributed by atoms with van der Waals surface area (Å²) in [5.41, 5.74) is 3.69. The number of benzene rings is 2. The van der Waals surface area contributed by atoms with Gasteiger partial charge in [0.15, 0.2) is 0 Å². The number of imidazole rings is 1. The number of hydrogen-bond donors (Lipinski definition) is 2. The van der Waals surface area contributed by atoms with Crippen molar-refractivity contribution < 1.29 is 41.9 Å². The van der Waals surface area contributed by atoms with Crippen LogP contribution in [0.3, 0.4) is 0 Å². The van der Waals surface area contributed by atoms with Gasteiger partial charge in [-0.25, -0.2) is 4.39 Å². The van der Waals surface area contributed by atoms with Crippen molar-refractivity contribution in [2.24, 2.45) is 0 Å². The van der Waals surface area contributed by atoms with Gasteiger partial charge in [0.05, 0.1) is 23.1 Å². The molecule has 14 heteroatoms. The van der Waals surface area contributed by atoms with Crippen molar-refractivity contribution in [1.82, 2.24) is 25.1 Å². The average molecular weight is 660 g/mol. The van der Waals surface area contributed by atoms with Gasteiger partial charge in [0, 0.05) is 18.4 Å². The highest BCUT2D eigenvalue weighted by atomic mass is 19.3. The number of nitrogens with one attached hydrogen (secondary N) is 2. The number of para-hydroxylation sites is 1. The van der Waals surface area contributed by atoms with E-state index >= 15 is 0 Å². The highest BCUT2D eigenvalue weighted by molar-refractivity contribution is 6.06. The molecule has 0 spiro atoms. The Morgan fingerprint density at radius 3 is 1.98 bits per heavy atom. The average Bonchev–Trinajstić information content (AvgIpc) is 3.57. The number of fused-ring (bicyclic) bond motifs is 2. The summed E-state index contributed by atoms with van der Waals surface area (Å²) >= 11 is 0. The number of alkyl halides is 2. The van der Waals surface area contributed by atoms with E-state index in [-0.39, 0.29) is 56.0 Å². The lowest BCUT2D eigenvalue weighted by Gasteiger charge is -2.29. The molecule has 47 heavy (non-hydrogen) atoms. The number of hydrogen-bond acceptors (Lipinski definition) is 7. The minimum Gasteiger partial charge on any atom is -0.402 e. The lowest BCUT2D eigenvalue weighted by atomic mass is 10.0. The normalized spacial score (nSPS) is 18.7. The molecule has 2 unspecified atom stereocenters. The molecule has 2 atom stereocenters. The number of amides is 5. The van der Waals surface area contributed by atoms with Gasteiger partial charge in [-0.1, -0.05) is 45.9 Å². The van der Waals surface area contributed by atoms with Crippen LogP contribution < -0.4 is 15.4 Å². The van der Waals surface area contributed by atoms with Crippen LogP contribution in [0, 0.1) is 26.6 Å². The number of carbonyl (C=O) groups excluding carboxylic acids is 5. The first-order chi connectivity index (χ1) is 22.4. The van der Waals surface area contributed by atoms with Crippen LogP contribution in [-0.2, 0) is 25.7 Å². The molecule has 2 fully saturated rings. The number of ether oxygens (including phenoxy) is 1. The summed E-state index contributed by atoms with van der Waals surface area (Å²) in [5.74, 6) is -2.47. The first-order valence-electron chi connectivity index (χ1n) is 15.6. The lowest BCUT2D eigenvalue weighted by molar-refractivity contribution is -0.138. The molecule has 0 bridgehead atoms. The van der Waals surface area contributed by atoms with Crippen molar-refractivity contribution in [3.05, 3.63) is 57.9 Å². The van der Waals surface area contributed by atoms with Crippen LogP contribution in [0.25, 0.3) is 11.0 Å². The van der Waals surface area contributed by atoms with Gasteiger partial charge in [-0.05, 0) is 56.4 Å². The van der Waals surface area contributed by atoms with Crippen LogP contribution in [0.2, 0.25) is 0 Å². The van der Waals surface area contributed by atoms with Crippen molar-refractivity contribution in [3.63, 3.8) is 0 Å². The fourth-order valence-electron chi connectivity index (χ4n) is 5.74. The molecule has 0 radical (unpaired) electrons. The van der Waals surface area contributed by atoms with E-state index in [0.717, 1.165) is 5.56 Å². The summed E-state index contributed by atoms with van der Waals surface area (Å²) < 4.78 is 45.3. The topological polar surface area (TPSA) is 140 Å². The van der Waals surface area contributed by atoms with Gasteiger partial charge in [0.2, 0.25) is 23.6 Å². The number of aromatic nitrogens is 2. The van der Waals surface area contributed by atoms with Crippen molar-refractivity contribution in [2.45, 2.75) is 99.4 Å². The Morgan fingerprint density at radius 1 is 0.851 bits per heavy atom. The van der Waals surface area contributed by atoms with Crippen molar-refractivity contribution in [3.8, 4) is 6.01 Å². The molecule has 6 rings (SSSR count). The number of nitrogens with zero attached hydrogens (tertiary/aromatic N) is 3. The molecule has 2 N–H and O–H groups in total. The minimum absolute atomic E-state index is 0.0782. The molecular weight excluding hydrogens is 619 g/mol. The zero-order valence-electron chi connectivity index (χ0n) is 27.5. The van der Waals surface area contributed by atoms with Gasteiger partial charge in [-0.3, -0.25) is 39.2 Å². The van der Waals surface area contributed by atoms with E-state index < -0.39 is 36.3 Å². The Morgan fingerprint density at radius 2 is 1.43 bits per heavy atom. The summed E-state index contributed by atoms with van der Waals surface area (Å²) in [4.78, 5) is 64.3. The molecule has 2 aromatic carbocycles. The molecule has 5 amide bonds. The molecule has 0 aliphatic carbocycles. The molecule has 11 nitrogen and oxygen atoms in total. The van der Waals surface area contributed by atoms with Crippen molar-refractivity contribution in [1.29, 1.82) is 0 Å². The van der Waals surface area contributed by atoms with Crippen LogP contribution in [0.5, 0.6) is 6.01 Å². The van der Waals surface area contributed by atoms with Gasteiger partial charge in [-0.15, -0.1) is 0 Å². The second kappa shape index (κ2) is 15.7. The van der Waals surface area contributed by atoms with E-state index in [1.54, 1.807) is 45.0 Å². The first-order valence-corrected chi connectivity index (χ1v) is 15.6. The monoisotopic (exact) mass is 659 g/mol. The molecule has 2 saturated heterocycles. The van der Waals surface area contributed by atoms with E-state index in [0.29, 0.717) is 33.3 Å². The standard InChI is InChI=1S/C15H15FN2O3.C14H13F2N3O3.2C2H6/c1-7-5-8(2)13(16)9-6-18(15(21)12(7)9)10-3-4-11(19)17-14(10)20;1-7-3-2-4-8-11(7)18-14(22-13(15)16)19(8)9-5-6-10(20)17-12(9)21;2*1-2/h5,10H,3-4,6H2,1-2H3,(H,17,19,20);2-4,9,13H,5-6H2,1H3,(H,17,20,21);2*1-2H3.